The van der Waals surface area contributed by atoms with E-state index in [1.807, 2.05) is 31.2 Å². The van der Waals surface area contributed by atoms with Gasteiger partial charge in [0.1, 0.15) is 5.82 Å². The summed E-state index contributed by atoms with van der Waals surface area (Å²) in [5.74, 6) is -0.176. The average molecular weight is 243 g/mol. The van der Waals surface area contributed by atoms with E-state index in [9.17, 15) is 4.79 Å². The molecule has 0 bridgehead atoms. The number of benzene rings is 1. The van der Waals surface area contributed by atoms with Crippen LogP contribution in [0.15, 0.2) is 30.3 Å². The molecule has 0 unspecified atom stereocenters. The number of rotatable bonds is 3. The van der Waals surface area contributed by atoms with Crippen LogP contribution in [0.5, 0.6) is 0 Å². The van der Waals surface area contributed by atoms with E-state index in [4.69, 9.17) is 5.11 Å². The number of aromatic nitrogens is 2. The lowest BCUT2D eigenvalue weighted by molar-refractivity contribution is 0.0690. The number of aromatic carboxylic acids is 1. The fraction of sp³-hybridized carbons (Fsp3) is 0.154. The van der Waals surface area contributed by atoms with Gasteiger partial charge in [0, 0.05) is 18.7 Å². The molecule has 1 heterocycles. The van der Waals surface area contributed by atoms with Crippen LogP contribution in [0.4, 0.5) is 5.82 Å². The average Bonchev–Trinajstić information content (AvgIpc) is 2.38. The maximum absolute atomic E-state index is 11.0. The molecule has 0 aliphatic carbocycles. The van der Waals surface area contributed by atoms with Crippen LogP contribution < -0.4 is 5.32 Å². The Morgan fingerprint density at radius 2 is 2.06 bits per heavy atom. The quantitative estimate of drug-likeness (QED) is 0.864. The van der Waals surface area contributed by atoms with E-state index in [0.717, 1.165) is 11.1 Å². The van der Waals surface area contributed by atoms with Crippen LogP contribution in [-0.2, 0) is 0 Å². The summed E-state index contributed by atoms with van der Waals surface area (Å²) in [6, 6.07) is 9.03. The lowest BCUT2D eigenvalue weighted by Crippen LogP contribution is -2.05. The molecule has 0 radical (unpaired) electrons. The summed E-state index contributed by atoms with van der Waals surface area (Å²) in [4.78, 5) is 19.3. The Morgan fingerprint density at radius 3 is 2.67 bits per heavy atom. The van der Waals surface area contributed by atoms with E-state index < -0.39 is 5.97 Å². The SMILES string of the molecule is CNc1cc(C(=O)O)nc(-c2cccc(C)c2)n1. The first-order chi connectivity index (χ1) is 8.60. The van der Waals surface area contributed by atoms with Gasteiger partial charge in [0.25, 0.3) is 0 Å². The van der Waals surface area contributed by atoms with Crippen LogP contribution in [0.1, 0.15) is 16.1 Å². The first-order valence-corrected chi connectivity index (χ1v) is 5.47. The minimum Gasteiger partial charge on any atom is -0.477 e. The predicted molar refractivity (Wildman–Crippen MR) is 68.7 cm³/mol. The Balaban J connectivity index is 2.56. The van der Waals surface area contributed by atoms with E-state index in [-0.39, 0.29) is 5.69 Å². The molecule has 1 aromatic carbocycles. The summed E-state index contributed by atoms with van der Waals surface area (Å²) >= 11 is 0. The highest BCUT2D eigenvalue weighted by Crippen LogP contribution is 2.19. The summed E-state index contributed by atoms with van der Waals surface area (Å²) in [5, 5.41) is 11.8. The predicted octanol–water partition coefficient (Wildman–Crippen LogP) is 2.19. The van der Waals surface area contributed by atoms with Gasteiger partial charge in [0.15, 0.2) is 11.5 Å². The van der Waals surface area contributed by atoms with Crippen LogP contribution >= 0.6 is 0 Å². The number of carboxylic acids is 1. The van der Waals surface area contributed by atoms with Gasteiger partial charge < -0.3 is 10.4 Å². The molecule has 0 atom stereocenters. The number of nitrogens with one attached hydrogen (secondary N) is 1. The molecule has 2 rings (SSSR count). The zero-order valence-corrected chi connectivity index (χ0v) is 10.1. The van der Waals surface area contributed by atoms with Crippen molar-refractivity contribution in [2.24, 2.45) is 0 Å². The number of carbonyl (C=O) groups is 1. The molecule has 0 saturated heterocycles. The number of hydrogen-bond donors (Lipinski definition) is 2. The summed E-state index contributed by atoms with van der Waals surface area (Å²) in [6.45, 7) is 1.96. The van der Waals surface area contributed by atoms with Crippen LogP contribution in [0.3, 0.4) is 0 Å². The van der Waals surface area contributed by atoms with Crippen LogP contribution in [-0.4, -0.2) is 28.1 Å². The molecule has 0 saturated carbocycles. The largest absolute Gasteiger partial charge is 0.477 e. The minimum atomic E-state index is -1.07. The maximum atomic E-state index is 11.0. The highest BCUT2D eigenvalue weighted by molar-refractivity contribution is 5.86. The summed E-state index contributed by atoms with van der Waals surface area (Å²) < 4.78 is 0. The van der Waals surface area contributed by atoms with Crippen molar-refractivity contribution in [3.05, 3.63) is 41.6 Å². The van der Waals surface area contributed by atoms with Crippen molar-refractivity contribution in [1.29, 1.82) is 0 Å². The van der Waals surface area contributed by atoms with Gasteiger partial charge in [-0.25, -0.2) is 14.8 Å². The molecule has 18 heavy (non-hydrogen) atoms. The third-order valence-electron chi connectivity index (χ3n) is 2.48. The minimum absolute atomic E-state index is 0.0224. The third-order valence-corrected chi connectivity index (χ3v) is 2.48. The van der Waals surface area contributed by atoms with Crippen LogP contribution in [0.2, 0.25) is 0 Å². The molecule has 2 N–H and O–H groups in total. The molecule has 0 spiro atoms. The van der Waals surface area contributed by atoms with Crippen molar-refractivity contribution in [1.82, 2.24) is 9.97 Å². The smallest absolute Gasteiger partial charge is 0.354 e. The number of aryl methyl sites for hydroxylation is 1. The van der Waals surface area contributed by atoms with Gasteiger partial charge in [-0.05, 0) is 13.0 Å². The fourth-order valence-electron chi connectivity index (χ4n) is 1.60. The molecule has 1 aromatic heterocycles. The summed E-state index contributed by atoms with van der Waals surface area (Å²) in [5.41, 5.74) is 1.85. The highest BCUT2D eigenvalue weighted by atomic mass is 16.4. The van der Waals surface area contributed by atoms with Crippen LogP contribution in [0.25, 0.3) is 11.4 Å². The van der Waals surface area contributed by atoms with Crippen molar-refractivity contribution in [3.63, 3.8) is 0 Å². The van der Waals surface area contributed by atoms with Gasteiger partial charge in [-0.2, -0.15) is 0 Å². The summed E-state index contributed by atoms with van der Waals surface area (Å²) in [6.07, 6.45) is 0. The zero-order chi connectivity index (χ0) is 13.1. The standard InChI is InChI=1S/C13H13N3O2/c1-8-4-3-5-9(6-8)12-15-10(13(17)18)7-11(14-2)16-12/h3-7H,1-2H3,(H,17,18)(H,14,15,16). The molecule has 0 aliphatic rings. The van der Waals surface area contributed by atoms with E-state index in [0.29, 0.717) is 11.6 Å². The molecular weight excluding hydrogens is 230 g/mol. The molecule has 2 aromatic rings. The monoisotopic (exact) mass is 243 g/mol. The van der Waals surface area contributed by atoms with Crippen LogP contribution in [0, 0.1) is 6.92 Å². The normalized spacial score (nSPS) is 10.1. The number of anilines is 1. The third kappa shape index (κ3) is 2.45. The van der Waals surface area contributed by atoms with Gasteiger partial charge in [-0.3, -0.25) is 0 Å². The van der Waals surface area contributed by atoms with E-state index in [1.54, 1.807) is 7.05 Å². The second-order valence-electron chi connectivity index (χ2n) is 3.89. The number of hydrogen-bond acceptors (Lipinski definition) is 4. The van der Waals surface area contributed by atoms with Crippen molar-refractivity contribution >= 4 is 11.8 Å². The molecule has 0 fully saturated rings. The van der Waals surface area contributed by atoms with Gasteiger partial charge in [0.2, 0.25) is 0 Å². The Morgan fingerprint density at radius 1 is 1.28 bits per heavy atom. The Bertz CT molecular complexity index is 597. The van der Waals surface area contributed by atoms with Crippen molar-refractivity contribution < 1.29 is 9.90 Å². The van der Waals surface area contributed by atoms with E-state index in [2.05, 4.69) is 15.3 Å². The van der Waals surface area contributed by atoms with Crippen molar-refractivity contribution in [2.45, 2.75) is 6.92 Å². The van der Waals surface area contributed by atoms with Gasteiger partial charge in [-0.1, -0.05) is 23.8 Å². The topological polar surface area (TPSA) is 75.1 Å². The number of nitrogens with zero attached hydrogens (tertiary/aromatic N) is 2. The maximum Gasteiger partial charge on any atom is 0.354 e. The highest BCUT2D eigenvalue weighted by Gasteiger charge is 2.11. The lowest BCUT2D eigenvalue weighted by Gasteiger charge is -2.06. The Kier molecular flexibility index (Phi) is 3.23. The number of carboxylic acid groups (broad SMARTS) is 1. The van der Waals surface area contributed by atoms with E-state index in [1.165, 1.54) is 6.07 Å². The van der Waals surface area contributed by atoms with Gasteiger partial charge >= 0.3 is 5.97 Å². The second-order valence-corrected chi connectivity index (χ2v) is 3.89. The fourth-order valence-corrected chi connectivity index (χ4v) is 1.60. The Labute approximate surface area is 105 Å². The first-order valence-electron chi connectivity index (χ1n) is 5.47. The molecule has 0 aliphatic heterocycles. The molecule has 5 nitrogen and oxygen atoms in total. The molecule has 0 amide bonds. The lowest BCUT2D eigenvalue weighted by atomic mass is 10.1. The Hall–Kier alpha value is -2.43. The molecular formula is C13H13N3O2. The zero-order valence-electron chi connectivity index (χ0n) is 10.1. The molecule has 5 heteroatoms. The summed E-state index contributed by atoms with van der Waals surface area (Å²) in [7, 11) is 1.69. The van der Waals surface area contributed by atoms with E-state index >= 15 is 0 Å². The van der Waals surface area contributed by atoms with Crippen molar-refractivity contribution in [2.75, 3.05) is 12.4 Å². The van der Waals surface area contributed by atoms with Crippen molar-refractivity contribution in [3.8, 4) is 11.4 Å². The first kappa shape index (κ1) is 12.0. The second kappa shape index (κ2) is 4.83. The van der Waals surface area contributed by atoms with Gasteiger partial charge in [0.05, 0.1) is 0 Å². The molecule has 92 valence electrons. The van der Waals surface area contributed by atoms with Gasteiger partial charge in [-0.15, -0.1) is 0 Å².